The lowest BCUT2D eigenvalue weighted by Crippen LogP contribution is -2.20. The van der Waals surface area contributed by atoms with Gasteiger partial charge in [0.25, 0.3) is 0 Å². The third-order valence-electron chi connectivity index (χ3n) is 2.34. The lowest BCUT2D eigenvalue weighted by molar-refractivity contribution is 0.0311. The fraction of sp³-hybridized carbons (Fsp3) is 0.417. The van der Waals surface area contributed by atoms with Crippen molar-refractivity contribution in [2.75, 3.05) is 0 Å². The summed E-state index contributed by atoms with van der Waals surface area (Å²) in [5.74, 6) is 1.57. The number of aldehydes is 1. The van der Waals surface area contributed by atoms with Crippen LogP contribution in [0.1, 0.15) is 30.6 Å². The average Bonchev–Trinajstić information content (AvgIpc) is 2.59. The summed E-state index contributed by atoms with van der Waals surface area (Å²) in [6.07, 6.45) is 1.24. The van der Waals surface area contributed by atoms with Gasteiger partial charge in [0.05, 0.1) is 5.02 Å². The Labute approximate surface area is 99.3 Å². The van der Waals surface area contributed by atoms with Gasteiger partial charge in [-0.15, -0.1) is 0 Å². The van der Waals surface area contributed by atoms with E-state index in [4.69, 9.17) is 21.1 Å². The molecule has 1 aromatic rings. The maximum Gasteiger partial charge on any atom is 0.241 e. The van der Waals surface area contributed by atoms with Gasteiger partial charge in [-0.05, 0) is 18.1 Å². The molecule has 0 saturated heterocycles. The van der Waals surface area contributed by atoms with E-state index in [1.807, 2.05) is 0 Å². The number of carbonyl (C=O) groups is 1. The van der Waals surface area contributed by atoms with Gasteiger partial charge in [-0.25, -0.2) is 0 Å². The Hall–Kier alpha value is -1.22. The van der Waals surface area contributed by atoms with Gasteiger partial charge in [-0.1, -0.05) is 25.4 Å². The minimum atomic E-state index is -0.297. The van der Waals surface area contributed by atoms with Gasteiger partial charge in [-0.3, -0.25) is 4.79 Å². The Kier molecular flexibility index (Phi) is 3.06. The molecule has 1 aromatic carbocycles. The summed E-state index contributed by atoms with van der Waals surface area (Å²) >= 11 is 5.99. The normalized spacial score (nSPS) is 17.9. The summed E-state index contributed by atoms with van der Waals surface area (Å²) in [5.41, 5.74) is 0.498. The van der Waals surface area contributed by atoms with Crippen LogP contribution in [0.15, 0.2) is 12.1 Å². The largest absolute Gasteiger partial charge is 0.451 e. The van der Waals surface area contributed by atoms with Crippen molar-refractivity contribution >= 4 is 17.9 Å². The van der Waals surface area contributed by atoms with E-state index in [9.17, 15) is 4.79 Å². The smallest absolute Gasteiger partial charge is 0.241 e. The Bertz CT molecular complexity index is 415. The standard InChI is InChI=1S/C12H13ClO3/c1-7(2)3-11-15-10-5-8(6-14)4-9(13)12(10)16-11/h4-7,11H,3H2,1-2H3. The van der Waals surface area contributed by atoms with Crippen molar-refractivity contribution in [3.63, 3.8) is 0 Å². The molecule has 86 valence electrons. The van der Waals surface area contributed by atoms with E-state index in [0.29, 0.717) is 28.0 Å². The molecule has 0 fully saturated rings. The molecule has 1 aliphatic heterocycles. The highest BCUT2D eigenvalue weighted by atomic mass is 35.5. The zero-order valence-corrected chi connectivity index (χ0v) is 9.95. The molecule has 1 atom stereocenters. The van der Waals surface area contributed by atoms with Crippen molar-refractivity contribution in [1.29, 1.82) is 0 Å². The molecule has 2 rings (SSSR count). The third-order valence-corrected chi connectivity index (χ3v) is 2.62. The molecule has 0 radical (unpaired) electrons. The topological polar surface area (TPSA) is 35.5 Å². The van der Waals surface area contributed by atoms with Crippen LogP contribution in [-0.4, -0.2) is 12.6 Å². The van der Waals surface area contributed by atoms with Crippen LogP contribution in [0.3, 0.4) is 0 Å². The zero-order chi connectivity index (χ0) is 11.7. The fourth-order valence-electron chi connectivity index (χ4n) is 1.64. The molecule has 1 aliphatic rings. The number of halogens is 1. The van der Waals surface area contributed by atoms with E-state index in [1.54, 1.807) is 12.1 Å². The molecule has 3 nitrogen and oxygen atoms in total. The van der Waals surface area contributed by atoms with E-state index in [0.717, 1.165) is 12.7 Å². The Balaban J connectivity index is 2.23. The Morgan fingerprint density at radius 2 is 2.19 bits per heavy atom. The number of carbonyl (C=O) groups excluding carboxylic acids is 1. The van der Waals surface area contributed by atoms with Crippen LogP contribution in [0.5, 0.6) is 11.5 Å². The molecule has 0 N–H and O–H groups in total. The summed E-state index contributed by atoms with van der Waals surface area (Å²) in [6.45, 7) is 4.18. The first-order valence-corrected chi connectivity index (χ1v) is 5.60. The number of fused-ring (bicyclic) bond motifs is 1. The molecular formula is C12H13ClO3. The predicted molar refractivity (Wildman–Crippen MR) is 61.3 cm³/mol. The van der Waals surface area contributed by atoms with Gasteiger partial charge in [0.2, 0.25) is 6.29 Å². The fourth-order valence-corrected chi connectivity index (χ4v) is 1.90. The highest BCUT2D eigenvalue weighted by molar-refractivity contribution is 6.32. The van der Waals surface area contributed by atoms with Gasteiger partial charge in [0.1, 0.15) is 6.29 Å². The molecule has 0 saturated carbocycles. The minimum absolute atomic E-state index is 0.297. The first-order chi connectivity index (χ1) is 7.60. The lowest BCUT2D eigenvalue weighted by Gasteiger charge is -2.11. The van der Waals surface area contributed by atoms with Crippen LogP contribution >= 0.6 is 11.6 Å². The number of ether oxygens (including phenoxy) is 2. The summed E-state index contributed by atoms with van der Waals surface area (Å²) in [5, 5.41) is 0.422. The van der Waals surface area contributed by atoms with Crippen LogP contribution in [0.25, 0.3) is 0 Å². The molecule has 0 aliphatic carbocycles. The SMILES string of the molecule is CC(C)CC1Oc2cc(C=O)cc(Cl)c2O1. The van der Waals surface area contributed by atoms with Crippen molar-refractivity contribution in [2.24, 2.45) is 5.92 Å². The Morgan fingerprint density at radius 3 is 2.81 bits per heavy atom. The number of rotatable bonds is 3. The lowest BCUT2D eigenvalue weighted by atomic mass is 10.1. The van der Waals surface area contributed by atoms with E-state index >= 15 is 0 Å². The maximum absolute atomic E-state index is 10.7. The summed E-state index contributed by atoms with van der Waals surface area (Å²) in [4.78, 5) is 10.7. The molecular weight excluding hydrogens is 228 g/mol. The first-order valence-electron chi connectivity index (χ1n) is 5.22. The van der Waals surface area contributed by atoms with E-state index in [-0.39, 0.29) is 6.29 Å². The summed E-state index contributed by atoms with van der Waals surface area (Å²) < 4.78 is 11.2. The second kappa shape index (κ2) is 4.34. The van der Waals surface area contributed by atoms with Crippen LogP contribution < -0.4 is 9.47 Å². The predicted octanol–water partition coefficient (Wildman–Crippen LogP) is 3.30. The molecule has 0 aromatic heterocycles. The second-order valence-corrected chi connectivity index (χ2v) is 4.65. The minimum Gasteiger partial charge on any atom is -0.451 e. The first kappa shape index (κ1) is 11.3. The van der Waals surface area contributed by atoms with Gasteiger partial charge >= 0.3 is 0 Å². The quantitative estimate of drug-likeness (QED) is 0.761. The van der Waals surface area contributed by atoms with E-state index in [1.165, 1.54) is 0 Å². The molecule has 1 unspecified atom stereocenters. The van der Waals surface area contributed by atoms with Gasteiger partial charge in [0.15, 0.2) is 11.5 Å². The van der Waals surface area contributed by atoms with Crippen LogP contribution in [0.2, 0.25) is 5.02 Å². The van der Waals surface area contributed by atoms with Crippen LogP contribution in [0, 0.1) is 5.92 Å². The number of hydrogen-bond acceptors (Lipinski definition) is 3. The number of benzene rings is 1. The van der Waals surface area contributed by atoms with Gasteiger partial charge in [0, 0.05) is 12.0 Å². The van der Waals surface area contributed by atoms with Crippen molar-refractivity contribution in [2.45, 2.75) is 26.6 Å². The van der Waals surface area contributed by atoms with E-state index in [2.05, 4.69) is 13.8 Å². The van der Waals surface area contributed by atoms with Crippen LogP contribution in [0.4, 0.5) is 0 Å². The molecule has 1 heterocycles. The molecule has 0 spiro atoms. The van der Waals surface area contributed by atoms with Crippen molar-refractivity contribution in [3.8, 4) is 11.5 Å². The molecule has 4 heteroatoms. The molecule has 0 amide bonds. The molecule has 0 bridgehead atoms. The summed E-state index contributed by atoms with van der Waals surface area (Å²) in [7, 11) is 0. The summed E-state index contributed by atoms with van der Waals surface area (Å²) in [6, 6.07) is 3.23. The second-order valence-electron chi connectivity index (χ2n) is 4.24. The van der Waals surface area contributed by atoms with Crippen molar-refractivity contribution in [3.05, 3.63) is 22.7 Å². The monoisotopic (exact) mass is 240 g/mol. The average molecular weight is 241 g/mol. The Morgan fingerprint density at radius 1 is 1.44 bits per heavy atom. The molecule has 16 heavy (non-hydrogen) atoms. The van der Waals surface area contributed by atoms with Gasteiger partial charge < -0.3 is 9.47 Å². The van der Waals surface area contributed by atoms with E-state index < -0.39 is 0 Å². The van der Waals surface area contributed by atoms with Crippen molar-refractivity contribution < 1.29 is 14.3 Å². The maximum atomic E-state index is 10.7. The number of hydrogen-bond donors (Lipinski definition) is 0. The highest BCUT2D eigenvalue weighted by Gasteiger charge is 2.27. The highest BCUT2D eigenvalue weighted by Crippen LogP contribution is 2.42. The third kappa shape index (κ3) is 2.14. The van der Waals surface area contributed by atoms with Crippen LogP contribution in [-0.2, 0) is 0 Å². The van der Waals surface area contributed by atoms with Gasteiger partial charge in [-0.2, -0.15) is 0 Å². The zero-order valence-electron chi connectivity index (χ0n) is 9.20. The van der Waals surface area contributed by atoms with Crippen molar-refractivity contribution in [1.82, 2.24) is 0 Å².